The molecule has 1 aromatic rings. The number of sulfonamides is 1. The van der Waals surface area contributed by atoms with Crippen molar-refractivity contribution < 1.29 is 13.2 Å². The van der Waals surface area contributed by atoms with Gasteiger partial charge in [0.25, 0.3) is 0 Å². The number of hydrogen-bond donors (Lipinski definition) is 1. The van der Waals surface area contributed by atoms with E-state index in [0.29, 0.717) is 24.6 Å². The third kappa shape index (κ3) is 5.49. The summed E-state index contributed by atoms with van der Waals surface area (Å²) < 4.78 is 32.8. The Kier molecular flexibility index (Phi) is 7.11. The van der Waals surface area contributed by atoms with Gasteiger partial charge in [0.15, 0.2) is 0 Å². The van der Waals surface area contributed by atoms with Crippen LogP contribution in [0.15, 0.2) is 27.6 Å². The highest BCUT2D eigenvalue weighted by Gasteiger charge is 2.16. The molecule has 0 aliphatic carbocycles. The predicted octanol–water partition coefficient (Wildman–Crippen LogP) is 1.61. The molecule has 0 bridgehead atoms. The van der Waals surface area contributed by atoms with Gasteiger partial charge in [0, 0.05) is 31.2 Å². The van der Waals surface area contributed by atoms with Gasteiger partial charge in [0.05, 0.1) is 11.5 Å². The second-order valence-corrected chi connectivity index (χ2v) is 7.25. The first kappa shape index (κ1) is 17.6. The van der Waals surface area contributed by atoms with Crippen molar-refractivity contribution in [2.45, 2.75) is 11.8 Å². The number of benzene rings is 1. The molecule has 0 unspecified atom stereocenters. The predicted molar refractivity (Wildman–Crippen MR) is 83.4 cm³/mol. The number of nitrogens with zero attached hydrogens (tertiary/aromatic N) is 1. The van der Waals surface area contributed by atoms with Crippen molar-refractivity contribution in [1.82, 2.24) is 9.62 Å². The number of nitrogens with one attached hydrogen (secondary N) is 1. The molecule has 0 aliphatic rings. The van der Waals surface area contributed by atoms with Crippen molar-refractivity contribution >= 4 is 26.0 Å². The summed E-state index contributed by atoms with van der Waals surface area (Å²) in [5.74, 6) is 0. The first-order valence-corrected chi connectivity index (χ1v) is 8.57. The van der Waals surface area contributed by atoms with Gasteiger partial charge in [-0.2, -0.15) is 0 Å². The van der Waals surface area contributed by atoms with E-state index in [1.807, 2.05) is 18.0 Å². The monoisotopic (exact) mass is 364 g/mol. The van der Waals surface area contributed by atoms with Crippen molar-refractivity contribution in [1.29, 1.82) is 0 Å². The molecule has 0 aromatic heterocycles. The summed E-state index contributed by atoms with van der Waals surface area (Å²) in [5, 5.41) is 0. The summed E-state index contributed by atoms with van der Waals surface area (Å²) in [6.07, 6.45) is 0. The summed E-state index contributed by atoms with van der Waals surface area (Å²) in [5.41, 5.74) is 0.730. The largest absolute Gasteiger partial charge is 0.383 e. The molecule has 1 aromatic carbocycles. The standard InChI is InChI=1S/C13H21BrN2O3S/c1-11-4-5-12(14)10-13(11)20(17,18)15-6-7-16(2)8-9-19-3/h4-5,10,15H,6-9H2,1-3H3. The summed E-state index contributed by atoms with van der Waals surface area (Å²) in [6.45, 7) is 4.19. The summed E-state index contributed by atoms with van der Waals surface area (Å²) in [7, 11) is 0.106. The maximum atomic E-state index is 12.2. The normalized spacial score (nSPS) is 12.1. The Bertz CT molecular complexity index is 534. The van der Waals surface area contributed by atoms with Crippen molar-refractivity contribution in [2.24, 2.45) is 0 Å². The van der Waals surface area contributed by atoms with Crippen LogP contribution in [0, 0.1) is 6.92 Å². The topological polar surface area (TPSA) is 58.6 Å². The molecule has 1 N–H and O–H groups in total. The van der Waals surface area contributed by atoms with Crippen molar-refractivity contribution in [3.8, 4) is 0 Å². The minimum Gasteiger partial charge on any atom is -0.383 e. The molecule has 0 amide bonds. The van der Waals surface area contributed by atoms with Crippen molar-refractivity contribution in [3.05, 3.63) is 28.2 Å². The molecule has 5 nitrogen and oxygen atoms in total. The molecule has 0 radical (unpaired) electrons. The first-order chi connectivity index (χ1) is 9.36. The molecule has 0 spiro atoms. The van der Waals surface area contributed by atoms with E-state index < -0.39 is 10.0 Å². The van der Waals surface area contributed by atoms with E-state index in [1.54, 1.807) is 26.2 Å². The van der Waals surface area contributed by atoms with Crippen LogP contribution in [0.3, 0.4) is 0 Å². The van der Waals surface area contributed by atoms with Crippen LogP contribution in [0.25, 0.3) is 0 Å². The molecule has 0 aliphatic heterocycles. The number of aryl methyl sites for hydroxylation is 1. The molecule has 0 atom stereocenters. The zero-order chi connectivity index (χ0) is 15.2. The highest BCUT2D eigenvalue weighted by atomic mass is 79.9. The molecule has 0 saturated carbocycles. The quantitative estimate of drug-likeness (QED) is 0.761. The summed E-state index contributed by atoms with van der Waals surface area (Å²) in [6, 6.07) is 5.22. The fourth-order valence-corrected chi connectivity index (χ4v) is 3.47. The van der Waals surface area contributed by atoms with E-state index in [1.165, 1.54) is 0 Å². The van der Waals surface area contributed by atoms with Gasteiger partial charge in [0.1, 0.15) is 0 Å². The molecule has 0 heterocycles. The van der Waals surface area contributed by atoms with Gasteiger partial charge in [0.2, 0.25) is 10.0 Å². The Morgan fingerprint density at radius 1 is 1.35 bits per heavy atom. The summed E-state index contributed by atoms with van der Waals surface area (Å²) >= 11 is 3.29. The van der Waals surface area contributed by atoms with Gasteiger partial charge < -0.3 is 9.64 Å². The fourth-order valence-electron chi connectivity index (χ4n) is 1.67. The Labute approximate surface area is 129 Å². The highest BCUT2D eigenvalue weighted by Crippen LogP contribution is 2.20. The molecule has 20 heavy (non-hydrogen) atoms. The Hall–Kier alpha value is -0.470. The first-order valence-electron chi connectivity index (χ1n) is 6.30. The fraction of sp³-hybridized carbons (Fsp3) is 0.538. The van der Waals surface area contributed by atoms with Gasteiger partial charge in [-0.3, -0.25) is 0 Å². The highest BCUT2D eigenvalue weighted by molar-refractivity contribution is 9.10. The maximum absolute atomic E-state index is 12.2. The lowest BCUT2D eigenvalue weighted by Gasteiger charge is -2.16. The zero-order valence-electron chi connectivity index (χ0n) is 12.0. The minimum absolute atomic E-state index is 0.311. The Morgan fingerprint density at radius 2 is 2.05 bits per heavy atom. The van der Waals surface area contributed by atoms with Crippen LogP contribution in [0.1, 0.15) is 5.56 Å². The van der Waals surface area contributed by atoms with Crippen LogP contribution in [-0.4, -0.2) is 53.7 Å². The average Bonchev–Trinajstić information content (AvgIpc) is 2.38. The number of likely N-dealkylation sites (N-methyl/N-ethyl adjacent to an activating group) is 1. The van der Waals surface area contributed by atoms with E-state index in [0.717, 1.165) is 16.6 Å². The van der Waals surface area contributed by atoms with Crippen LogP contribution in [-0.2, 0) is 14.8 Å². The number of rotatable bonds is 8. The number of halogens is 1. The van der Waals surface area contributed by atoms with Crippen LogP contribution in [0.2, 0.25) is 0 Å². The molecule has 7 heteroatoms. The maximum Gasteiger partial charge on any atom is 0.240 e. The Balaban J connectivity index is 2.60. The van der Waals surface area contributed by atoms with E-state index in [4.69, 9.17) is 4.74 Å². The lowest BCUT2D eigenvalue weighted by Crippen LogP contribution is -2.34. The lowest BCUT2D eigenvalue weighted by atomic mass is 10.2. The average molecular weight is 365 g/mol. The number of methoxy groups -OCH3 is 1. The molecule has 1 rings (SSSR count). The molecule has 0 fully saturated rings. The molecular weight excluding hydrogens is 344 g/mol. The molecular formula is C13H21BrN2O3S. The van der Waals surface area contributed by atoms with E-state index >= 15 is 0 Å². The third-order valence-electron chi connectivity index (χ3n) is 2.90. The third-order valence-corrected chi connectivity index (χ3v) is 5.00. The van der Waals surface area contributed by atoms with Gasteiger partial charge in [-0.15, -0.1) is 0 Å². The minimum atomic E-state index is -3.47. The van der Waals surface area contributed by atoms with E-state index in [2.05, 4.69) is 20.7 Å². The van der Waals surface area contributed by atoms with E-state index in [-0.39, 0.29) is 0 Å². The van der Waals surface area contributed by atoms with Crippen LogP contribution < -0.4 is 4.72 Å². The number of ether oxygens (including phenoxy) is 1. The van der Waals surface area contributed by atoms with Gasteiger partial charge in [-0.05, 0) is 31.7 Å². The van der Waals surface area contributed by atoms with Crippen LogP contribution in [0.4, 0.5) is 0 Å². The van der Waals surface area contributed by atoms with Gasteiger partial charge >= 0.3 is 0 Å². The van der Waals surface area contributed by atoms with Crippen molar-refractivity contribution in [2.75, 3.05) is 40.4 Å². The molecule has 0 saturated heterocycles. The summed E-state index contributed by atoms with van der Waals surface area (Å²) in [4.78, 5) is 2.33. The van der Waals surface area contributed by atoms with E-state index in [9.17, 15) is 8.42 Å². The van der Waals surface area contributed by atoms with Crippen LogP contribution in [0.5, 0.6) is 0 Å². The molecule has 114 valence electrons. The second-order valence-electron chi connectivity index (χ2n) is 4.60. The zero-order valence-corrected chi connectivity index (χ0v) is 14.4. The Morgan fingerprint density at radius 3 is 2.70 bits per heavy atom. The lowest BCUT2D eigenvalue weighted by molar-refractivity contribution is 0.162. The van der Waals surface area contributed by atoms with Gasteiger partial charge in [-0.1, -0.05) is 22.0 Å². The van der Waals surface area contributed by atoms with Crippen LogP contribution >= 0.6 is 15.9 Å². The smallest absolute Gasteiger partial charge is 0.240 e. The van der Waals surface area contributed by atoms with Crippen molar-refractivity contribution in [3.63, 3.8) is 0 Å². The second kappa shape index (κ2) is 8.09. The SMILES string of the molecule is COCCN(C)CCNS(=O)(=O)c1cc(Br)ccc1C. The van der Waals surface area contributed by atoms with Gasteiger partial charge in [-0.25, -0.2) is 13.1 Å². The number of hydrogen-bond acceptors (Lipinski definition) is 4.